The Kier molecular flexibility index (Phi) is 5.34. The summed E-state index contributed by atoms with van der Waals surface area (Å²) in [6, 6.07) is 16.5. The molecular formula is C24H26ClN5. The fourth-order valence-corrected chi connectivity index (χ4v) is 4.39. The number of hydrogen-bond acceptors (Lipinski definition) is 3. The molecule has 1 aromatic carbocycles. The van der Waals surface area contributed by atoms with Crippen LogP contribution in [0.5, 0.6) is 0 Å². The SMILES string of the molecule is Cn1cccc1-c1ccc2nc(-c3ccc(Cl)cc3)c(CN3CCCNCC3)n2c1. The van der Waals surface area contributed by atoms with Gasteiger partial charge >= 0.3 is 0 Å². The van der Waals surface area contributed by atoms with Gasteiger partial charge in [-0.1, -0.05) is 23.7 Å². The molecule has 1 N–H and O–H groups in total. The van der Waals surface area contributed by atoms with E-state index in [9.17, 15) is 0 Å². The van der Waals surface area contributed by atoms with E-state index < -0.39 is 0 Å². The molecule has 0 spiro atoms. The number of rotatable bonds is 4. The summed E-state index contributed by atoms with van der Waals surface area (Å²) in [6.45, 7) is 5.13. The maximum atomic E-state index is 6.14. The molecule has 154 valence electrons. The quantitative estimate of drug-likeness (QED) is 0.530. The van der Waals surface area contributed by atoms with E-state index in [2.05, 4.69) is 75.0 Å². The number of benzene rings is 1. The van der Waals surface area contributed by atoms with Crippen molar-refractivity contribution in [3.05, 3.63) is 71.6 Å². The van der Waals surface area contributed by atoms with Crippen LogP contribution in [-0.2, 0) is 13.6 Å². The molecule has 1 aliphatic heterocycles. The summed E-state index contributed by atoms with van der Waals surface area (Å²) in [5.74, 6) is 0. The van der Waals surface area contributed by atoms with Gasteiger partial charge in [0, 0.05) is 60.9 Å². The monoisotopic (exact) mass is 419 g/mol. The first-order valence-corrected chi connectivity index (χ1v) is 10.9. The van der Waals surface area contributed by atoms with Crippen LogP contribution < -0.4 is 5.32 Å². The minimum atomic E-state index is 0.744. The van der Waals surface area contributed by atoms with Crippen molar-refractivity contribution in [1.29, 1.82) is 0 Å². The van der Waals surface area contributed by atoms with Crippen molar-refractivity contribution in [3.8, 4) is 22.5 Å². The van der Waals surface area contributed by atoms with Gasteiger partial charge in [0.15, 0.2) is 0 Å². The van der Waals surface area contributed by atoms with Crippen LogP contribution in [0.2, 0.25) is 5.02 Å². The second-order valence-electron chi connectivity index (χ2n) is 7.94. The summed E-state index contributed by atoms with van der Waals surface area (Å²) in [6.07, 6.45) is 5.47. The number of imidazole rings is 1. The van der Waals surface area contributed by atoms with E-state index in [0.29, 0.717) is 0 Å². The maximum Gasteiger partial charge on any atom is 0.137 e. The van der Waals surface area contributed by atoms with Crippen LogP contribution in [0.25, 0.3) is 28.2 Å². The zero-order valence-electron chi connectivity index (χ0n) is 17.2. The number of nitrogens with one attached hydrogen (secondary N) is 1. The largest absolute Gasteiger partial charge is 0.351 e. The van der Waals surface area contributed by atoms with Gasteiger partial charge in [-0.05, 0) is 55.9 Å². The van der Waals surface area contributed by atoms with Crippen molar-refractivity contribution in [2.75, 3.05) is 26.2 Å². The minimum absolute atomic E-state index is 0.744. The van der Waals surface area contributed by atoms with Gasteiger partial charge in [0.2, 0.25) is 0 Å². The Morgan fingerprint density at radius 3 is 2.63 bits per heavy atom. The second-order valence-corrected chi connectivity index (χ2v) is 8.38. The van der Waals surface area contributed by atoms with Crippen LogP contribution in [0.15, 0.2) is 60.9 Å². The van der Waals surface area contributed by atoms with Crippen molar-refractivity contribution in [1.82, 2.24) is 24.2 Å². The normalized spacial score (nSPS) is 15.5. The molecule has 5 nitrogen and oxygen atoms in total. The first-order valence-electron chi connectivity index (χ1n) is 10.5. The number of hydrogen-bond donors (Lipinski definition) is 1. The molecular weight excluding hydrogens is 394 g/mol. The number of fused-ring (bicyclic) bond motifs is 1. The molecule has 6 heteroatoms. The molecule has 4 aromatic rings. The van der Waals surface area contributed by atoms with Crippen molar-refractivity contribution in [2.24, 2.45) is 7.05 Å². The number of nitrogens with zero attached hydrogens (tertiary/aromatic N) is 4. The van der Waals surface area contributed by atoms with E-state index in [-0.39, 0.29) is 0 Å². The summed E-state index contributed by atoms with van der Waals surface area (Å²) < 4.78 is 4.42. The lowest BCUT2D eigenvalue weighted by atomic mass is 10.1. The highest BCUT2D eigenvalue weighted by atomic mass is 35.5. The Labute approximate surface area is 181 Å². The van der Waals surface area contributed by atoms with E-state index in [1.807, 2.05) is 12.1 Å². The summed E-state index contributed by atoms with van der Waals surface area (Å²) in [7, 11) is 2.08. The van der Waals surface area contributed by atoms with Crippen LogP contribution >= 0.6 is 11.6 Å². The maximum absolute atomic E-state index is 6.14. The third-order valence-corrected chi connectivity index (χ3v) is 6.13. The zero-order valence-corrected chi connectivity index (χ0v) is 17.9. The highest BCUT2D eigenvalue weighted by Crippen LogP contribution is 2.29. The second kappa shape index (κ2) is 8.26. The van der Waals surface area contributed by atoms with Crippen LogP contribution in [0.4, 0.5) is 0 Å². The number of halogens is 1. The van der Waals surface area contributed by atoms with Gasteiger partial charge in [0.25, 0.3) is 0 Å². The van der Waals surface area contributed by atoms with Crippen molar-refractivity contribution in [2.45, 2.75) is 13.0 Å². The molecule has 0 atom stereocenters. The molecule has 1 aliphatic rings. The lowest BCUT2D eigenvalue weighted by Crippen LogP contribution is -2.28. The first kappa shape index (κ1) is 19.4. The van der Waals surface area contributed by atoms with E-state index in [0.717, 1.165) is 54.7 Å². The topological polar surface area (TPSA) is 37.5 Å². The van der Waals surface area contributed by atoms with E-state index in [1.54, 1.807) is 0 Å². The smallest absolute Gasteiger partial charge is 0.137 e. The van der Waals surface area contributed by atoms with E-state index in [1.165, 1.54) is 23.4 Å². The molecule has 1 fully saturated rings. The van der Waals surface area contributed by atoms with Crippen molar-refractivity contribution >= 4 is 17.2 Å². The average molecular weight is 420 g/mol. The molecule has 0 unspecified atom stereocenters. The molecule has 3 aromatic heterocycles. The zero-order chi connectivity index (χ0) is 20.5. The standard InChI is InChI=1S/C24H26ClN5/c1-28-13-2-4-21(28)19-7-10-23-27-24(18-5-8-20(25)9-6-18)22(30(23)16-19)17-29-14-3-11-26-12-15-29/h2,4-10,13,16,26H,3,11-12,14-15,17H2,1H3. The molecule has 0 saturated carbocycles. The third-order valence-electron chi connectivity index (χ3n) is 5.88. The first-order chi connectivity index (χ1) is 14.7. The fraction of sp³-hybridized carbons (Fsp3) is 0.292. The van der Waals surface area contributed by atoms with Gasteiger partial charge in [0.05, 0.1) is 11.4 Å². The molecule has 30 heavy (non-hydrogen) atoms. The summed E-state index contributed by atoms with van der Waals surface area (Å²) in [5, 5.41) is 4.24. The van der Waals surface area contributed by atoms with Gasteiger partial charge < -0.3 is 14.3 Å². The number of aromatic nitrogens is 3. The molecule has 0 radical (unpaired) electrons. The van der Waals surface area contributed by atoms with Crippen molar-refractivity contribution in [3.63, 3.8) is 0 Å². The molecule has 0 amide bonds. The minimum Gasteiger partial charge on any atom is -0.351 e. The van der Waals surface area contributed by atoms with Crippen LogP contribution in [-0.4, -0.2) is 45.0 Å². The van der Waals surface area contributed by atoms with Crippen LogP contribution in [0.1, 0.15) is 12.1 Å². The Morgan fingerprint density at radius 1 is 1.00 bits per heavy atom. The molecule has 5 rings (SSSR count). The van der Waals surface area contributed by atoms with Gasteiger partial charge in [0.1, 0.15) is 5.65 Å². The van der Waals surface area contributed by atoms with E-state index in [4.69, 9.17) is 16.6 Å². The highest BCUT2D eigenvalue weighted by molar-refractivity contribution is 6.30. The van der Waals surface area contributed by atoms with Crippen LogP contribution in [0, 0.1) is 0 Å². The molecule has 0 bridgehead atoms. The molecule has 0 aliphatic carbocycles. The average Bonchev–Trinajstić information content (AvgIpc) is 3.23. The van der Waals surface area contributed by atoms with E-state index >= 15 is 0 Å². The molecule has 1 saturated heterocycles. The fourth-order valence-electron chi connectivity index (χ4n) is 4.27. The van der Waals surface area contributed by atoms with Crippen LogP contribution in [0.3, 0.4) is 0 Å². The van der Waals surface area contributed by atoms with Gasteiger partial charge in [-0.3, -0.25) is 4.90 Å². The summed E-state index contributed by atoms with van der Waals surface area (Å²) in [5.41, 5.74) is 6.72. The lowest BCUT2D eigenvalue weighted by molar-refractivity contribution is 0.281. The Morgan fingerprint density at radius 2 is 1.83 bits per heavy atom. The molecule has 4 heterocycles. The predicted octanol–water partition coefficient (Wildman–Crippen LogP) is 4.46. The Hall–Kier alpha value is -2.60. The van der Waals surface area contributed by atoms with Gasteiger partial charge in [-0.25, -0.2) is 4.98 Å². The Balaban J connectivity index is 1.63. The summed E-state index contributed by atoms with van der Waals surface area (Å²) in [4.78, 5) is 7.54. The summed E-state index contributed by atoms with van der Waals surface area (Å²) >= 11 is 6.14. The third kappa shape index (κ3) is 3.76. The van der Waals surface area contributed by atoms with Gasteiger partial charge in [-0.15, -0.1) is 0 Å². The predicted molar refractivity (Wildman–Crippen MR) is 123 cm³/mol. The Bertz CT molecular complexity index is 1150. The van der Waals surface area contributed by atoms with Crippen molar-refractivity contribution < 1.29 is 0 Å². The highest BCUT2D eigenvalue weighted by Gasteiger charge is 2.19. The number of pyridine rings is 1. The number of aryl methyl sites for hydroxylation is 1. The van der Waals surface area contributed by atoms with Gasteiger partial charge in [-0.2, -0.15) is 0 Å². The lowest BCUT2D eigenvalue weighted by Gasteiger charge is -2.20.